The molecule has 24 heavy (non-hydrogen) atoms. The monoisotopic (exact) mass is 360 g/mol. The first-order chi connectivity index (χ1) is 11.3. The Bertz CT molecular complexity index is 398. The van der Waals surface area contributed by atoms with Gasteiger partial charge in [0.15, 0.2) is 5.79 Å². The van der Waals surface area contributed by atoms with Crippen LogP contribution in [0.15, 0.2) is 12.3 Å². The van der Waals surface area contributed by atoms with Crippen molar-refractivity contribution >= 4 is 17.7 Å². The molecule has 1 aliphatic rings. The predicted octanol–water partition coefficient (Wildman–Crippen LogP) is 3.77. The molecule has 0 bridgehead atoms. The van der Waals surface area contributed by atoms with Gasteiger partial charge in [-0.3, -0.25) is 4.79 Å². The number of carbonyl (C=O) groups excluding carboxylic acids is 1. The third-order valence-corrected chi connectivity index (χ3v) is 4.53. The highest BCUT2D eigenvalue weighted by Gasteiger charge is 2.42. The SMILES string of the molecule is C=C(CCC)OCC1(COC(=O)CCCSC)COC(C)(C)OC1. The van der Waals surface area contributed by atoms with Crippen LogP contribution in [-0.2, 0) is 23.7 Å². The van der Waals surface area contributed by atoms with E-state index in [0.29, 0.717) is 26.2 Å². The molecular weight excluding hydrogens is 328 g/mol. The highest BCUT2D eigenvalue weighted by Crippen LogP contribution is 2.31. The van der Waals surface area contributed by atoms with Crippen molar-refractivity contribution in [2.24, 2.45) is 5.41 Å². The van der Waals surface area contributed by atoms with Crippen LogP contribution in [0.2, 0.25) is 0 Å². The van der Waals surface area contributed by atoms with E-state index in [1.807, 2.05) is 20.1 Å². The van der Waals surface area contributed by atoms with Gasteiger partial charge in [-0.15, -0.1) is 0 Å². The van der Waals surface area contributed by atoms with Crippen LogP contribution in [0, 0.1) is 5.41 Å². The molecule has 0 spiro atoms. The van der Waals surface area contributed by atoms with E-state index in [2.05, 4.69) is 13.5 Å². The molecule has 0 aromatic heterocycles. The second kappa shape index (κ2) is 10.3. The summed E-state index contributed by atoms with van der Waals surface area (Å²) < 4.78 is 22.8. The molecule has 0 aromatic rings. The fourth-order valence-corrected chi connectivity index (χ4v) is 2.65. The average molecular weight is 361 g/mol. The first-order valence-electron chi connectivity index (χ1n) is 8.55. The second-order valence-electron chi connectivity index (χ2n) is 6.81. The molecular formula is C18H32O5S. The Morgan fingerprint density at radius 2 is 1.79 bits per heavy atom. The lowest BCUT2D eigenvalue weighted by Crippen LogP contribution is -2.51. The normalized spacial score (nSPS) is 18.8. The summed E-state index contributed by atoms with van der Waals surface area (Å²) in [5, 5.41) is 0. The minimum Gasteiger partial charge on any atom is -0.498 e. The molecule has 1 fully saturated rings. The van der Waals surface area contributed by atoms with Crippen molar-refractivity contribution in [3.8, 4) is 0 Å². The third kappa shape index (κ3) is 7.90. The average Bonchev–Trinajstić information content (AvgIpc) is 2.54. The van der Waals surface area contributed by atoms with Gasteiger partial charge >= 0.3 is 5.97 Å². The summed E-state index contributed by atoms with van der Waals surface area (Å²) in [6.07, 6.45) is 5.09. The third-order valence-electron chi connectivity index (χ3n) is 3.83. The minimum absolute atomic E-state index is 0.180. The molecule has 0 atom stereocenters. The Kier molecular flexibility index (Phi) is 9.16. The van der Waals surface area contributed by atoms with Crippen molar-refractivity contribution in [3.63, 3.8) is 0 Å². The fraction of sp³-hybridized carbons (Fsp3) is 0.833. The summed E-state index contributed by atoms with van der Waals surface area (Å²) in [7, 11) is 0. The van der Waals surface area contributed by atoms with Crippen LogP contribution in [0.3, 0.4) is 0 Å². The van der Waals surface area contributed by atoms with Crippen molar-refractivity contribution in [3.05, 3.63) is 12.3 Å². The molecule has 0 saturated carbocycles. The number of esters is 1. The lowest BCUT2D eigenvalue weighted by Gasteiger charge is -2.42. The number of hydrogen-bond acceptors (Lipinski definition) is 6. The smallest absolute Gasteiger partial charge is 0.305 e. The molecule has 0 unspecified atom stereocenters. The largest absolute Gasteiger partial charge is 0.498 e. The Balaban J connectivity index is 2.55. The molecule has 1 heterocycles. The number of hydrogen-bond donors (Lipinski definition) is 0. The van der Waals surface area contributed by atoms with E-state index >= 15 is 0 Å². The lowest BCUT2D eigenvalue weighted by molar-refractivity contribution is -0.296. The topological polar surface area (TPSA) is 54.0 Å². The van der Waals surface area contributed by atoms with Crippen molar-refractivity contribution in [2.45, 2.75) is 52.2 Å². The molecule has 6 heteroatoms. The zero-order chi connectivity index (χ0) is 18.1. The Morgan fingerprint density at radius 3 is 2.38 bits per heavy atom. The maximum atomic E-state index is 11.9. The van der Waals surface area contributed by atoms with Gasteiger partial charge in [-0.2, -0.15) is 11.8 Å². The zero-order valence-electron chi connectivity index (χ0n) is 15.5. The molecule has 0 N–H and O–H groups in total. The van der Waals surface area contributed by atoms with Crippen LogP contribution in [-0.4, -0.2) is 50.2 Å². The van der Waals surface area contributed by atoms with E-state index in [9.17, 15) is 4.79 Å². The van der Waals surface area contributed by atoms with Crippen molar-refractivity contribution in [2.75, 3.05) is 38.4 Å². The summed E-state index contributed by atoms with van der Waals surface area (Å²) in [4.78, 5) is 11.9. The van der Waals surface area contributed by atoms with Gasteiger partial charge in [0.05, 0.1) is 24.4 Å². The first-order valence-corrected chi connectivity index (χ1v) is 9.95. The Labute approximate surface area is 150 Å². The van der Waals surface area contributed by atoms with Gasteiger partial charge < -0.3 is 18.9 Å². The van der Waals surface area contributed by atoms with Crippen molar-refractivity contribution < 1.29 is 23.7 Å². The lowest BCUT2D eigenvalue weighted by atomic mass is 9.91. The highest BCUT2D eigenvalue weighted by atomic mass is 32.2. The molecule has 1 rings (SSSR count). The standard InChI is InChI=1S/C18H32O5S/c1-6-8-15(2)20-11-18(13-22-17(3,4)23-14-18)12-21-16(19)9-7-10-24-5/h2,6-14H2,1,3-5H3. The minimum atomic E-state index is -0.619. The van der Waals surface area contributed by atoms with E-state index in [1.165, 1.54) is 0 Å². The van der Waals surface area contributed by atoms with E-state index in [-0.39, 0.29) is 12.6 Å². The van der Waals surface area contributed by atoms with Crippen molar-refractivity contribution in [1.82, 2.24) is 0 Å². The highest BCUT2D eigenvalue weighted by molar-refractivity contribution is 7.98. The van der Waals surface area contributed by atoms with Gasteiger partial charge in [-0.1, -0.05) is 13.5 Å². The van der Waals surface area contributed by atoms with Gasteiger partial charge in [-0.05, 0) is 38.7 Å². The number of carbonyl (C=O) groups is 1. The van der Waals surface area contributed by atoms with Crippen molar-refractivity contribution in [1.29, 1.82) is 0 Å². The quantitative estimate of drug-likeness (QED) is 0.318. The fourth-order valence-electron chi connectivity index (χ4n) is 2.22. The molecule has 5 nitrogen and oxygen atoms in total. The summed E-state index contributed by atoms with van der Waals surface area (Å²) in [6.45, 7) is 11.2. The van der Waals surface area contributed by atoms with Gasteiger partial charge in [0.1, 0.15) is 13.2 Å². The van der Waals surface area contributed by atoms with E-state index in [0.717, 1.165) is 30.8 Å². The van der Waals surface area contributed by atoms with Crippen LogP contribution < -0.4 is 0 Å². The van der Waals surface area contributed by atoms with Gasteiger partial charge in [0.25, 0.3) is 0 Å². The Morgan fingerprint density at radius 1 is 1.17 bits per heavy atom. The van der Waals surface area contributed by atoms with E-state index in [4.69, 9.17) is 18.9 Å². The maximum Gasteiger partial charge on any atom is 0.305 e. The molecule has 1 aliphatic heterocycles. The van der Waals surface area contributed by atoms with Gasteiger partial charge in [0, 0.05) is 12.8 Å². The number of rotatable bonds is 11. The first kappa shape index (κ1) is 21.3. The molecule has 1 saturated heterocycles. The van der Waals surface area contributed by atoms with Crippen LogP contribution >= 0.6 is 11.8 Å². The summed E-state index contributed by atoms with van der Waals surface area (Å²) >= 11 is 1.73. The number of allylic oxidation sites excluding steroid dienone is 1. The molecule has 140 valence electrons. The Hall–Kier alpha value is -0.720. The molecule has 0 radical (unpaired) electrons. The van der Waals surface area contributed by atoms with Crippen LogP contribution in [0.1, 0.15) is 46.5 Å². The zero-order valence-corrected chi connectivity index (χ0v) is 16.3. The summed E-state index contributed by atoms with van der Waals surface area (Å²) in [5.74, 6) is 0.904. The number of thioether (sulfide) groups is 1. The summed E-state index contributed by atoms with van der Waals surface area (Å²) in [5.41, 5.74) is -0.485. The molecule has 0 aliphatic carbocycles. The van der Waals surface area contributed by atoms with Crippen LogP contribution in [0.4, 0.5) is 0 Å². The second-order valence-corrected chi connectivity index (χ2v) is 7.80. The van der Waals surface area contributed by atoms with E-state index < -0.39 is 11.2 Å². The van der Waals surface area contributed by atoms with Gasteiger partial charge in [-0.25, -0.2) is 0 Å². The maximum absolute atomic E-state index is 11.9. The van der Waals surface area contributed by atoms with Gasteiger partial charge in [0.2, 0.25) is 0 Å². The predicted molar refractivity (Wildman–Crippen MR) is 97.0 cm³/mol. The van der Waals surface area contributed by atoms with E-state index in [1.54, 1.807) is 11.8 Å². The van der Waals surface area contributed by atoms with Crippen LogP contribution in [0.5, 0.6) is 0 Å². The van der Waals surface area contributed by atoms with Crippen LogP contribution in [0.25, 0.3) is 0 Å². The molecule has 0 aromatic carbocycles. The summed E-state index contributed by atoms with van der Waals surface area (Å²) in [6, 6.07) is 0. The molecule has 0 amide bonds. The number of ether oxygens (including phenoxy) is 4.